The summed E-state index contributed by atoms with van der Waals surface area (Å²) in [5.41, 5.74) is 0.949. The van der Waals surface area contributed by atoms with Crippen LogP contribution in [-0.4, -0.2) is 30.3 Å². The van der Waals surface area contributed by atoms with Crippen molar-refractivity contribution >= 4 is 5.91 Å². The Morgan fingerprint density at radius 2 is 2.23 bits per heavy atom. The molecule has 1 aliphatic carbocycles. The van der Waals surface area contributed by atoms with Gasteiger partial charge in [-0.25, -0.2) is 0 Å². The van der Waals surface area contributed by atoms with Crippen molar-refractivity contribution in [1.82, 2.24) is 5.32 Å². The van der Waals surface area contributed by atoms with Crippen molar-refractivity contribution in [3.63, 3.8) is 0 Å². The molecule has 1 aliphatic rings. The van der Waals surface area contributed by atoms with Crippen molar-refractivity contribution < 1.29 is 14.6 Å². The molecule has 0 radical (unpaired) electrons. The van der Waals surface area contributed by atoms with E-state index in [9.17, 15) is 9.90 Å². The molecule has 0 spiro atoms. The Morgan fingerprint density at radius 3 is 2.95 bits per heavy atom. The second-order valence-corrected chi connectivity index (χ2v) is 6.54. The van der Waals surface area contributed by atoms with Gasteiger partial charge in [-0.1, -0.05) is 31.5 Å². The van der Waals surface area contributed by atoms with Crippen LogP contribution in [0.25, 0.3) is 0 Å². The lowest BCUT2D eigenvalue weighted by molar-refractivity contribution is -0.122. The summed E-state index contributed by atoms with van der Waals surface area (Å²) in [5, 5.41) is 12.6. The maximum atomic E-state index is 12.0. The molecule has 4 nitrogen and oxygen atoms in total. The van der Waals surface area contributed by atoms with Gasteiger partial charge in [0.05, 0.1) is 13.2 Å². The van der Waals surface area contributed by atoms with Gasteiger partial charge in [-0.15, -0.1) is 0 Å². The number of ether oxygens (including phenoxy) is 1. The summed E-state index contributed by atoms with van der Waals surface area (Å²) in [6, 6.07) is 7.99. The average molecular weight is 305 g/mol. The van der Waals surface area contributed by atoms with E-state index in [1.165, 1.54) is 0 Å². The van der Waals surface area contributed by atoms with Crippen LogP contribution in [0.15, 0.2) is 24.3 Å². The molecule has 122 valence electrons. The molecule has 0 saturated heterocycles. The number of hydrogen-bond donors (Lipinski definition) is 2. The van der Waals surface area contributed by atoms with Gasteiger partial charge in [0, 0.05) is 17.9 Å². The maximum Gasteiger partial charge on any atom is 0.220 e. The van der Waals surface area contributed by atoms with E-state index in [0.717, 1.165) is 30.6 Å². The third-order valence-corrected chi connectivity index (χ3v) is 4.68. The minimum Gasteiger partial charge on any atom is -0.493 e. The molecule has 1 fully saturated rings. The third kappa shape index (κ3) is 4.23. The highest BCUT2D eigenvalue weighted by atomic mass is 16.5. The highest BCUT2D eigenvalue weighted by Gasteiger charge is 2.38. The van der Waals surface area contributed by atoms with Crippen LogP contribution in [0.1, 0.15) is 44.6 Å². The van der Waals surface area contributed by atoms with Crippen LogP contribution in [0.2, 0.25) is 0 Å². The number of carbonyl (C=O) groups is 1. The fraction of sp³-hybridized carbons (Fsp3) is 0.611. The SMILES string of the molecule is Cc1ccccc1OCCCC(=O)NC1CCCC1(C)CO. The summed E-state index contributed by atoms with van der Waals surface area (Å²) >= 11 is 0. The van der Waals surface area contributed by atoms with Crippen molar-refractivity contribution in [2.75, 3.05) is 13.2 Å². The molecule has 1 amide bonds. The largest absolute Gasteiger partial charge is 0.493 e. The van der Waals surface area contributed by atoms with E-state index in [-0.39, 0.29) is 24.0 Å². The van der Waals surface area contributed by atoms with Gasteiger partial charge in [-0.05, 0) is 37.8 Å². The Morgan fingerprint density at radius 1 is 1.45 bits per heavy atom. The Hall–Kier alpha value is -1.55. The minimum absolute atomic E-state index is 0.0555. The summed E-state index contributed by atoms with van der Waals surface area (Å²) in [5.74, 6) is 0.937. The number of aliphatic hydroxyl groups excluding tert-OH is 1. The molecule has 0 aromatic heterocycles. The molecular formula is C18H27NO3. The summed E-state index contributed by atoms with van der Waals surface area (Å²) < 4.78 is 5.70. The van der Waals surface area contributed by atoms with Crippen molar-refractivity contribution in [1.29, 1.82) is 0 Å². The Bertz CT molecular complexity index is 503. The molecular weight excluding hydrogens is 278 g/mol. The number of hydrogen-bond acceptors (Lipinski definition) is 3. The van der Waals surface area contributed by atoms with Gasteiger partial charge in [0.1, 0.15) is 5.75 Å². The van der Waals surface area contributed by atoms with E-state index in [0.29, 0.717) is 19.4 Å². The first-order valence-electron chi connectivity index (χ1n) is 8.14. The summed E-state index contributed by atoms with van der Waals surface area (Å²) in [6.45, 7) is 4.73. The van der Waals surface area contributed by atoms with E-state index in [1.807, 2.05) is 38.1 Å². The normalized spacial score (nSPS) is 24.2. The number of aliphatic hydroxyl groups is 1. The van der Waals surface area contributed by atoms with Crippen LogP contribution in [0.5, 0.6) is 5.75 Å². The summed E-state index contributed by atoms with van der Waals surface area (Å²) in [6.07, 6.45) is 4.17. The molecule has 0 heterocycles. The number of rotatable bonds is 7. The first-order valence-corrected chi connectivity index (χ1v) is 8.14. The minimum atomic E-state index is -0.159. The molecule has 1 aromatic rings. The van der Waals surface area contributed by atoms with Crippen LogP contribution in [0.4, 0.5) is 0 Å². The first kappa shape index (κ1) is 16.8. The first-order chi connectivity index (χ1) is 10.5. The highest BCUT2D eigenvalue weighted by molar-refractivity contribution is 5.76. The fourth-order valence-corrected chi connectivity index (χ4v) is 3.07. The lowest BCUT2D eigenvalue weighted by Crippen LogP contribution is -2.44. The number of benzene rings is 1. The van der Waals surface area contributed by atoms with Gasteiger partial charge in [-0.2, -0.15) is 0 Å². The number of aryl methyl sites for hydroxylation is 1. The van der Waals surface area contributed by atoms with E-state index in [4.69, 9.17) is 4.74 Å². The zero-order chi connectivity index (χ0) is 16.0. The van der Waals surface area contributed by atoms with Gasteiger partial charge in [-0.3, -0.25) is 4.79 Å². The molecule has 2 atom stereocenters. The van der Waals surface area contributed by atoms with Crippen LogP contribution in [0.3, 0.4) is 0 Å². The van der Waals surface area contributed by atoms with Gasteiger partial charge in [0.25, 0.3) is 0 Å². The monoisotopic (exact) mass is 305 g/mol. The topological polar surface area (TPSA) is 58.6 Å². The number of amides is 1. The van der Waals surface area contributed by atoms with Crippen molar-refractivity contribution in [2.45, 2.75) is 52.0 Å². The van der Waals surface area contributed by atoms with Gasteiger partial charge in [0.15, 0.2) is 0 Å². The predicted octanol–water partition coefficient (Wildman–Crippen LogP) is 2.82. The second kappa shape index (κ2) is 7.63. The maximum absolute atomic E-state index is 12.0. The van der Waals surface area contributed by atoms with Gasteiger partial charge in [0.2, 0.25) is 5.91 Å². The van der Waals surface area contributed by atoms with Gasteiger partial charge >= 0.3 is 0 Å². The zero-order valence-corrected chi connectivity index (χ0v) is 13.6. The summed E-state index contributed by atoms with van der Waals surface area (Å²) in [4.78, 5) is 12.0. The number of para-hydroxylation sites is 1. The van der Waals surface area contributed by atoms with E-state index in [1.54, 1.807) is 0 Å². The quantitative estimate of drug-likeness (QED) is 0.762. The standard InChI is InChI=1S/C18H27NO3/c1-14-7-3-4-8-15(14)22-12-6-10-17(21)19-16-9-5-11-18(16,2)13-20/h3-4,7-8,16,20H,5-6,9-13H2,1-2H3,(H,19,21). The van der Waals surface area contributed by atoms with E-state index >= 15 is 0 Å². The number of nitrogens with one attached hydrogen (secondary N) is 1. The Kier molecular flexibility index (Phi) is 5.83. The molecule has 4 heteroatoms. The smallest absolute Gasteiger partial charge is 0.220 e. The lowest BCUT2D eigenvalue weighted by Gasteiger charge is -2.30. The highest BCUT2D eigenvalue weighted by Crippen LogP contribution is 2.37. The van der Waals surface area contributed by atoms with Crippen LogP contribution in [-0.2, 0) is 4.79 Å². The van der Waals surface area contributed by atoms with Crippen molar-refractivity contribution in [3.8, 4) is 5.75 Å². The van der Waals surface area contributed by atoms with Crippen molar-refractivity contribution in [3.05, 3.63) is 29.8 Å². The average Bonchev–Trinajstić information content (AvgIpc) is 2.87. The molecule has 0 bridgehead atoms. The van der Waals surface area contributed by atoms with Crippen LogP contribution in [0, 0.1) is 12.3 Å². The molecule has 1 saturated carbocycles. The molecule has 2 rings (SSSR count). The van der Waals surface area contributed by atoms with Crippen LogP contribution >= 0.6 is 0 Å². The molecule has 0 aliphatic heterocycles. The Labute approximate surface area is 132 Å². The zero-order valence-electron chi connectivity index (χ0n) is 13.6. The van der Waals surface area contributed by atoms with Gasteiger partial charge < -0.3 is 15.2 Å². The molecule has 2 N–H and O–H groups in total. The second-order valence-electron chi connectivity index (χ2n) is 6.54. The number of carbonyl (C=O) groups excluding carboxylic acids is 1. The molecule has 2 unspecified atom stereocenters. The van der Waals surface area contributed by atoms with Crippen molar-refractivity contribution in [2.24, 2.45) is 5.41 Å². The third-order valence-electron chi connectivity index (χ3n) is 4.68. The molecule has 1 aromatic carbocycles. The van der Waals surface area contributed by atoms with Crippen LogP contribution < -0.4 is 10.1 Å². The van der Waals surface area contributed by atoms with E-state index in [2.05, 4.69) is 5.32 Å². The molecule has 22 heavy (non-hydrogen) atoms. The summed E-state index contributed by atoms with van der Waals surface area (Å²) in [7, 11) is 0. The predicted molar refractivity (Wildman–Crippen MR) is 86.9 cm³/mol. The fourth-order valence-electron chi connectivity index (χ4n) is 3.07. The lowest BCUT2D eigenvalue weighted by atomic mass is 9.86. The Balaban J connectivity index is 1.69. The van der Waals surface area contributed by atoms with E-state index < -0.39 is 0 Å².